The van der Waals surface area contributed by atoms with Gasteiger partial charge in [0.25, 0.3) is 0 Å². The maximum atomic E-state index is 10.3. The summed E-state index contributed by atoms with van der Waals surface area (Å²) in [6, 6.07) is 0. The van der Waals surface area contributed by atoms with E-state index >= 15 is 0 Å². The Bertz CT molecular complexity index is 183. The predicted molar refractivity (Wildman–Crippen MR) is 34.6 cm³/mol. The molecule has 0 spiro atoms. The molecule has 1 amide bonds. The molecule has 0 aromatic rings. The van der Waals surface area contributed by atoms with E-state index in [1.54, 1.807) is 6.21 Å². The first-order valence-electron chi connectivity index (χ1n) is 2.63. The zero-order valence-corrected chi connectivity index (χ0v) is 5.09. The van der Waals surface area contributed by atoms with Crippen LogP contribution in [-0.4, -0.2) is 24.6 Å². The Hall–Kier alpha value is -1.19. The van der Waals surface area contributed by atoms with Crippen molar-refractivity contribution in [3.05, 3.63) is 0 Å². The molecule has 0 unspecified atom stereocenters. The summed E-state index contributed by atoms with van der Waals surface area (Å²) in [5.41, 5.74) is 0. The summed E-state index contributed by atoms with van der Waals surface area (Å²) in [4.78, 5) is 17.9. The molecule has 0 saturated heterocycles. The van der Waals surface area contributed by atoms with Crippen molar-refractivity contribution in [3.63, 3.8) is 0 Å². The van der Waals surface area contributed by atoms with Gasteiger partial charge in [-0.2, -0.15) is 0 Å². The monoisotopic (exact) mass is 125 g/mol. The second-order valence-corrected chi connectivity index (χ2v) is 1.66. The van der Waals surface area contributed by atoms with Crippen LogP contribution in [0.2, 0.25) is 0 Å². The second kappa shape index (κ2) is 2.39. The fourth-order valence-corrected chi connectivity index (χ4v) is 0.525. The molecule has 0 aliphatic carbocycles. The molecular formula is C5H7N3O. The number of hydrogen-bond acceptors (Lipinski definition) is 3. The minimum absolute atomic E-state index is 0.132. The first kappa shape index (κ1) is 5.94. The lowest BCUT2D eigenvalue weighted by Gasteiger charge is -1.93. The van der Waals surface area contributed by atoms with Gasteiger partial charge in [0.05, 0.1) is 6.54 Å². The van der Waals surface area contributed by atoms with Crippen LogP contribution < -0.4 is 5.32 Å². The summed E-state index contributed by atoms with van der Waals surface area (Å²) in [6.45, 7) is 2.01. The average molecular weight is 125 g/mol. The van der Waals surface area contributed by atoms with E-state index in [2.05, 4.69) is 15.3 Å². The van der Waals surface area contributed by atoms with Crippen LogP contribution in [0.15, 0.2) is 9.98 Å². The quantitative estimate of drug-likeness (QED) is 0.469. The third-order valence-corrected chi connectivity index (χ3v) is 0.824. The summed E-state index contributed by atoms with van der Waals surface area (Å²) in [5.74, 6) is 0.287. The minimum atomic E-state index is -0.132. The molecule has 0 bridgehead atoms. The van der Waals surface area contributed by atoms with Crippen LogP contribution in [0, 0.1) is 0 Å². The number of hydrogen-bond donors (Lipinski definition) is 1. The Morgan fingerprint density at radius 1 is 1.89 bits per heavy atom. The lowest BCUT2D eigenvalue weighted by Crippen LogP contribution is -2.25. The molecule has 48 valence electrons. The number of guanidine groups is 1. The van der Waals surface area contributed by atoms with Crippen molar-refractivity contribution in [2.45, 2.75) is 6.92 Å². The van der Waals surface area contributed by atoms with E-state index < -0.39 is 0 Å². The van der Waals surface area contributed by atoms with E-state index in [9.17, 15) is 4.79 Å². The van der Waals surface area contributed by atoms with Gasteiger partial charge in [-0.25, -0.2) is 9.98 Å². The molecule has 1 aliphatic rings. The maximum absolute atomic E-state index is 10.3. The normalized spacial score (nSPS) is 15.4. The standard InChI is InChI=1S/C5H7N3O/c1-4(9)8-5-6-2-3-7-5/h2H,3H2,1H3,(H,7,8,9). The first-order chi connectivity index (χ1) is 4.29. The lowest BCUT2D eigenvalue weighted by molar-refractivity contribution is -0.117. The highest BCUT2D eigenvalue weighted by atomic mass is 16.1. The topological polar surface area (TPSA) is 53.8 Å². The number of carbonyl (C=O) groups is 1. The summed E-state index contributed by atoms with van der Waals surface area (Å²) < 4.78 is 0. The van der Waals surface area contributed by atoms with Crippen LogP contribution in [0.3, 0.4) is 0 Å². The van der Waals surface area contributed by atoms with Crippen molar-refractivity contribution in [2.24, 2.45) is 9.98 Å². The average Bonchev–Trinajstić information content (AvgIpc) is 2.15. The minimum Gasteiger partial charge on any atom is -0.295 e. The maximum Gasteiger partial charge on any atom is 0.224 e. The highest BCUT2D eigenvalue weighted by Gasteiger charge is 2.00. The number of carbonyl (C=O) groups excluding carboxylic acids is 1. The molecule has 4 nitrogen and oxygen atoms in total. The molecule has 9 heavy (non-hydrogen) atoms. The molecule has 0 radical (unpaired) electrons. The highest BCUT2D eigenvalue weighted by molar-refractivity contribution is 6.01. The summed E-state index contributed by atoms with van der Waals surface area (Å²) >= 11 is 0. The molecular weight excluding hydrogens is 118 g/mol. The summed E-state index contributed by atoms with van der Waals surface area (Å²) in [6.07, 6.45) is 1.64. The van der Waals surface area contributed by atoms with Crippen LogP contribution in [0.4, 0.5) is 0 Å². The van der Waals surface area contributed by atoms with Crippen molar-refractivity contribution in [3.8, 4) is 0 Å². The fraction of sp³-hybridized carbons (Fsp3) is 0.400. The lowest BCUT2D eigenvalue weighted by atomic mass is 10.7. The van der Waals surface area contributed by atoms with Gasteiger partial charge in [-0.15, -0.1) is 0 Å². The van der Waals surface area contributed by atoms with E-state index in [4.69, 9.17) is 0 Å². The molecule has 0 fully saturated rings. The zero-order valence-electron chi connectivity index (χ0n) is 5.09. The smallest absolute Gasteiger partial charge is 0.224 e. The van der Waals surface area contributed by atoms with Crippen molar-refractivity contribution in [2.75, 3.05) is 6.54 Å². The molecule has 0 aromatic carbocycles. The van der Waals surface area contributed by atoms with Crippen molar-refractivity contribution >= 4 is 18.1 Å². The number of rotatable bonds is 0. The van der Waals surface area contributed by atoms with Gasteiger partial charge in [0, 0.05) is 13.1 Å². The van der Waals surface area contributed by atoms with Crippen molar-refractivity contribution in [1.82, 2.24) is 5.32 Å². The van der Waals surface area contributed by atoms with Crippen LogP contribution in [0.25, 0.3) is 0 Å². The number of aliphatic imine (C=N–C) groups is 2. The van der Waals surface area contributed by atoms with Gasteiger partial charge in [-0.3, -0.25) is 10.1 Å². The summed E-state index contributed by atoms with van der Waals surface area (Å²) in [5, 5.41) is 2.45. The van der Waals surface area contributed by atoms with Crippen LogP contribution in [0.1, 0.15) is 6.92 Å². The highest BCUT2D eigenvalue weighted by Crippen LogP contribution is 1.83. The largest absolute Gasteiger partial charge is 0.295 e. The molecule has 0 atom stereocenters. The number of nitrogens with zero attached hydrogens (tertiary/aromatic N) is 2. The van der Waals surface area contributed by atoms with Crippen molar-refractivity contribution in [1.29, 1.82) is 0 Å². The molecule has 1 aliphatic heterocycles. The number of nitrogens with one attached hydrogen (secondary N) is 1. The Labute approximate surface area is 52.7 Å². The van der Waals surface area contributed by atoms with E-state index in [1.165, 1.54) is 6.92 Å². The van der Waals surface area contributed by atoms with Crippen LogP contribution in [0.5, 0.6) is 0 Å². The molecule has 1 rings (SSSR count). The van der Waals surface area contributed by atoms with Gasteiger partial charge >= 0.3 is 0 Å². The van der Waals surface area contributed by atoms with E-state index in [-0.39, 0.29) is 5.91 Å². The Balaban J connectivity index is 2.45. The number of amides is 1. The Kier molecular flexibility index (Phi) is 1.58. The van der Waals surface area contributed by atoms with Gasteiger partial charge in [0.1, 0.15) is 0 Å². The fourth-order valence-electron chi connectivity index (χ4n) is 0.525. The van der Waals surface area contributed by atoms with Crippen LogP contribution in [-0.2, 0) is 4.79 Å². The third kappa shape index (κ3) is 1.64. The SMILES string of the molecule is CC(=O)NC1=NCC=N1. The summed E-state index contributed by atoms with van der Waals surface area (Å²) in [7, 11) is 0. The zero-order chi connectivity index (χ0) is 6.69. The van der Waals surface area contributed by atoms with Gasteiger partial charge in [0.15, 0.2) is 0 Å². The Morgan fingerprint density at radius 2 is 2.67 bits per heavy atom. The molecule has 0 saturated carbocycles. The first-order valence-corrected chi connectivity index (χ1v) is 2.63. The molecule has 1 N–H and O–H groups in total. The van der Waals surface area contributed by atoms with Crippen LogP contribution >= 0.6 is 0 Å². The molecule has 1 heterocycles. The van der Waals surface area contributed by atoms with E-state index in [0.717, 1.165) is 0 Å². The van der Waals surface area contributed by atoms with Crippen molar-refractivity contribution < 1.29 is 4.79 Å². The predicted octanol–water partition coefficient (Wildman–Crippen LogP) is -0.437. The van der Waals surface area contributed by atoms with Gasteiger partial charge < -0.3 is 0 Å². The van der Waals surface area contributed by atoms with E-state index in [1.807, 2.05) is 0 Å². The molecule has 0 aromatic heterocycles. The Morgan fingerprint density at radius 3 is 3.11 bits per heavy atom. The van der Waals surface area contributed by atoms with Gasteiger partial charge in [0.2, 0.25) is 11.9 Å². The van der Waals surface area contributed by atoms with Gasteiger partial charge in [-0.1, -0.05) is 0 Å². The third-order valence-electron chi connectivity index (χ3n) is 0.824. The molecule has 4 heteroatoms. The van der Waals surface area contributed by atoms with Gasteiger partial charge in [-0.05, 0) is 0 Å². The van der Waals surface area contributed by atoms with E-state index in [0.29, 0.717) is 12.5 Å². The second-order valence-electron chi connectivity index (χ2n) is 1.66.